The van der Waals surface area contributed by atoms with Gasteiger partial charge < -0.3 is 4.74 Å². The van der Waals surface area contributed by atoms with Crippen LogP contribution in [0.15, 0.2) is 18.3 Å². The van der Waals surface area contributed by atoms with Crippen LogP contribution in [-0.2, 0) is 16.0 Å². The predicted octanol–water partition coefficient (Wildman–Crippen LogP) is 1.45. The molecule has 1 heterocycles. The number of nitriles is 1. The Morgan fingerprint density at radius 1 is 1.67 bits per heavy atom. The molecule has 0 radical (unpaired) electrons. The van der Waals surface area contributed by atoms with Gasteiger partial charge in [-0.1, -0.05) is 6.07 Å². The van der Waals surface area contributed by atoms with Crippen LogP contribution in [-0.4, -0.2) is 17.1 Å². The number of pyridine rings is 1. The summed E-state index contributed by atoms with van der Waals surface area (Å²) in [4.78, 5) is 15.2. The van der Waals surface area contributed by atoms with Gasteiger partial charge in [-0.3, -0.25) is 4.79 Å². The number of hydrogen-bond donors (Lipinski definition) is 0. The third kappa shape index (κ3) is 3.39. The van der Waals surface area contributed by atoms with Crippen molar-refractivity contribution < 1.29 is 9.53 Å². The molecule has 0 aromatic carbocycles. The lowest BCUT2D eigenvalue weighted by atomic mass is 10.1. The molecular formula is C11H12N2O2. The second-order valence-electron chi connectivity index (χ2n) is 3.34. The largest absolute Gasteiger partial charge is 0.463 e. The van der Waals surface area contributed by atoms with Crippen molar-refractivity contribution >= 4 is 5.97 Å². The standard InChI is InChI=1S/C11H12N2O2/c1-8(2)15-11(14)6-9-4-3-5-13-10(9)7-12/h3-5,8H,6H2,1-2H3. The number of ether oxygens (including phenoxy) is 1. The highest BCUT2D eigenvalue weighted by molar-refractivity contribution is 5.73. The van der Waals surface area contributed by atoms with Crippen molar-refractivity contribution in [3.63, 3.8) is 0 Å². The first-order valence-electron chi connectivity index (χ1n) is 4.67. The minimum Gasteiger partial charge on any atom is -0.463 e. The zero-order valence-electron chi connectivity index (χ0n) is 8.73. The van der Waals surface area contributed by atoms with Crippen LogP contribution in [0, 0.1) is 11.3 Å². The van der Waals surface area contributed by atoms with Gasteiger partial charge in [-0.25, -0.2) is 4.98 Å². The summed E-state index contributed by atoms with van der Waals surface area (Å²) in [5.41, 5.74) is 0.879. The molecule has 1 rings (SSSR count). The molecule has 0 bridgehead atoms. The van der Waals surface area contributed by atoms with E-state index >= 15 is 0 Å². The Morgan fingerprint density at radius 2 is 2.40 bits per heavy atom. The van der Waals surface area contributed by atoms with Gasteiger partial charge in [-0.2, -0.15) is 5.26 Å². The lowest BCUT2D eigenvalue weighted by Crippen LogP contribution is -2.14. The Hall–Kier alpha value is -1.89. The maximum absolute atomic E-state index is 11.3. The van der Waals surface area contributed by atoms with E-state index in [2.05, 4.69) is 4.98 Å². The third-order valence-electron chi connectivity index (χ3n) is 1.70. The van der Waals surface area contributed by atoms with Gasteiger partial charge >= 0.3 is 5.97 Å². The number of nitrogens with zero attached hydrogens (tertiary/aromatic N) is 2. The smallest absolute Gasteiger partial charge is 0.310 e. The molecule has 0 aliphatic carbocycles. The molecule has 1 aromatic rings. The monoisotopic (exact) mass is 204 g/mol. The Morgan fingerprint density at radius 3 is 3.00 bits per heavy atom. The summed E-state index contributed by atoms with van der Waals surface area (Å²) in [6, 6.07) is 5.33. The molecule has 15 heavy (non-hydrogen) atoms. The minimum atomic E-state index is -0.338. The van der Waals surface area contributed by atoms with Crippen molar-refractivity contribution in [2.75, 3.05) is 0 Å². The number of rotatable bonds is 3. The summed E-state index contributed by atoms with van der Waals surface area (Å²) in [5, 5.41) is 8.75. The third-order valence-corrected chi connectivity index (χ3v) is 1.70. The zero-order valence-corrected chi connectivity index (χ0v) is 8.73. The van der Waals surface area contributed by atoms with Crippen LogP contribution < -0.4 is 0 Å². The van der Waals surface area contributed by atoms with Gasteiger partial charge in [0.15, 0.2) is 0 Å². The molecule has 0 aliphatic rings. The van der Waals surface area contributed by atoms with Crippen LogP contribution in [0.25, 0.3) is 0 Å². The summed E-state index contributed by atoms with van der Waals surface area (Å²) in [6.07, 6.45) is 1.48. The molecule has 0 saturated carbocycles. The summed E-state index contributed by atoms with van der Waals surface area (Å²) in [6.45, 7) is 3.57. The van der Waals surface area contributed by atoms with Crippen molar-refractivity contribution in [1.82, 2.24) is 4.98 Å². The van der Waals surface area contributed by atoms with E-state index in [-0.39, 0.29) is 24.2 Å². The van der Waals surface area contributed by atoms with Gasteiger partial charge in [0.1, 0.15) is 11.8 Å². The first-order chi connectivity index (χ1) is 7.13. The van der Waals surface area contributed by atoms with Gasteiger partial charge in [0.25, 0.3) is 0 Å². The maximum atomic E-state index is 11.3. The Labute approximate surface area is 88.5 Å². The Kier molecular flexibility index (Phi) is 3.81. The molecular weight excluding hydrogens is 192 g/mol. The van der Waals surface area contributed by atoms with E-state index < -0.39 is 0 Å². The van der Waals surface area contributed by atoms with E-state index in [0.29, 0.717) is 5.56 Å². The van der Waals surface area contributed by atoms with Crippen LogP contribution in [0.5, 0.6) is 0 Å². The van der Waals surface area contributed by atoms with Crippen LogP contribution in [0.4, 0.5) is 0 Å². The molecule has 0 saturated heterocycles. The summed E-state index contributed by atoms with van der Waals surface area (Å²) >= 11 is 0. The van der Waals surface area contributed by atoms with E-state index in [1.165, 1.54) is 6.20 Å². The first-order valence-corrected chi connectivity index (χ1v) is 4.67. The lowest BCUT2D eigenvalue weighted by molar-refractivity contribution is -0.146. The molecule has 0 spiro atoms. The van der Waals surface area contributed by atoms with Crippen molar-refractivity contribution in [1.29, 1.82) is 5.26 Å². The van der Waals surface area contributed by atoms with E-state index in [1.54, 1.807) is 26.0 Å². The number of carbonyl (C=O) groups is 1. The summed E-state index contributed by atoms with van der Waals surface area (Å²) in [7, 11) is 0. The van der Waals surface area contributed by atoms with Crippen molar-refractivity contribution in [2.45, 2.75) is 26.4 Å². The number of aromatic nitrogens is 1. The highest BCUT2D eigenvalue weighted by Crippen LogP contribution is 2.06. The minimum absolute atomic E-state index is 0.0922. The lowest BCUT2D eigenvalue weighted by Gasteiger charge is -2.07. The fourth-order valence-corrected chi connectivity index (χ4v) is 1.14. The highest BCUT2D eigenvalue weighted by Gasteiger charge is 2.10. The predicted molar refractivity (Wildman–Crippen MR) is 53.9 cm³/mol. The van der Waals surface area contributed by atoms with Gasteiger partial charge in [-0.05, 0) is 25.5 Å². The molecule has 0 aliphatic heterocycles. The topological polar surface area (TPSA) is 63.0 Å². The number of hydrogen-bond acceptors (Lipinski definition) is 4. The SMILES string of the molecule is CC(C)OC(=O)Cc1cccnc1C#N. The molecule has 78 valence electrons. The average molecular weight is 204 g/mol. The van der Waals surface area contributed by atoms with E-state index in [9.17, 15) is 4.79 Å². The molecule has 0 unspecified atom stereocenters. The molecule has 4 heteroatoms. The van der Waals surface area contributed by atoms with Gasteiger partial charge in [0.05, 0.1) is 12.5 Å². The normalized spacial score (nSPS) is 9.73. The maximum Gasteiger partial charge on any atom is 0.310 e. The molecule has 0 atom stereocenters. The molecule has 1 aromatic heterocycles. The fourth-order valence-electron chi connectivity index (χ4n) is 1.14. The Balaban J connectivity index is 2.73. The van der Waals surface area contributed by atoms with E-state index in [0.717, 1.165) is 0 Å². The zero-order chi connectivity index (χ0) is 11.3. The second kappa shape index (κ2) is 5.11. The van der Waals surface area contributed by atoms with Crippen molar-refractivity contribution in [3.05, 3.63) is 29.6 Å². The van der Waals surface area contributed by atoms with Gasteiger partial charge in [0, 0.05) is 6.20 Å². The Bertz CT molecular complexity index is 394. The van der Waals surface area contributed by atoms with Crippen LogP contribution >= 0.6 is 0 Å². The average Bonchev–Trinajstić information content (AvgIpc) is 2.17. The van der Waals surface area contributed by atoms with E-state index in [4.69, 9.17) is 10.00 Å². The number of esters is 1. The quantitative estimate of drug-likeness (QED) is 0.699. The van der Waals surface area contributed by atoms with Gasteiger partial charge in [-0.15, -0.1) is 0 Å². The molecule has 0 fully saturated rings. The second-order valence-corrected chi connectivity index (χ2v) is 3.34. The molecule has 0 amide bonds. The van der Waals surface area contributed by atoms with Crippen LogP contribution in [0.3, 0.4) is 0 Å². The fraction of sp³-hybridized carbons (Fsp3) is 0.364. The van der Waals surface area contributed by atoms with E-state index in [1.807, 2.05) is 6.07 Å². The highest BCUT2D eigenvalue weighted by atomic mass is 16.5. The summed E-state index contributed by atoms with van der Waals surface area (Å²) < 4.78 is 4.98. The number of carbonyl (C=O) groups excluding carboxylic acids is 1. The van der Waals surface area contributed by atoms with Crippen LogP contribution in [0.2, 0.25) is 0 Å². The first kappa shape index (κ1) is 11.2. The van der Waals surface area contributed by atoms with Crippen molar-refractivity contribution in [2.24, 2.45) is 0 Å². The molecule has 0 N–H and O–H groups in total. The molecule has 4 nitrogen and oxygen atoms in total. The summed E-state index contributed by atoms with van der Waals surface area (Å²) in [5.74, 6) is -0.338. The van der Waals surface area contributed by atoms with Crippen molar-refractivity contribution in [3.8, 4) is 6.07 Å². The van der Waals surface area contributed by atoms with Gasteiger partial charge in [0.2, 0.25) is 0 Å². The van der Waals surface area contributed by atoms with Crippen LogP contribution in [0.1, 0.15) is 25.1 Å².